The first-order valence-electron chi connectivity index (χ1n) is 8.23. The molecule has 0 aliphatic carbocycles. The van der Waals surface area contributed by atoms with E-state index in [2.05, 4.69) is 30.5 Å². The molecule has 0 radical (unpaired) electrons. The summed E-state index contributed by atoms with van der Waals surface area (Å²) < 4.78 is 6.35. The maximum atomic E-state index is 12.4. The molecule has 0 saturated carbocycles. The Kier molecular flexibility index (Phi) is 4.73. The van der Waals surface area contributed by atoms with Crippen molar-refractivity contribution >= 4 is 40.6 Å². The maximum Gasteiger partial charge on any atom is 0.260 e. The number of rotatable bonds is 5. The third-order valence-electron chi connectivity index (χ3n) is 3.95. The zero-order chi connectivity index (χ0) is 19.5. The quantitative estimate of drug-likeness (QED) is 0.395. The Morgan fingerprint density at radius 3 is 2.75 bits per heavy atom. The van der Waals surface area contributed by atoms with Crippen LogP contribution in [0.5, 0.6) is 0 Å². The summed E-state index contributed by atoms with van der Waals surface area (Å²) in [6, 6.07) is 14.4. The number of para-hydroxylation sites is 2. The van der Waals surface area contributed by atoms with Crippen LogP contribution in [0.25, 0.3) is 22.6 Å². The van der Waals surface area contributed by atoms with Gasteiger partial charge < -0.3 is 10.3 Å². The van der Waals surface area contributed by atoms with E-state index in [0.717, 1.165) is 11.1 Å². The van der Waals surface area contributed by atoms with Gasteiger partial charge in [0.15, 0.2) is 17.3 Å². The number of carbonyl (C=O) groups is 1. The number of hydrazone groups is 1. The van der Waals surface area contributed by atoms with Gasteiger partial charge in [0.1, 0.15) is 6.54 Å². The van der Waals surface area contributed by atoms with E-state index in [1.54, 1.807) is 28.8 Å². The fraction of sp³-hybridized carbons (Fsp3) is 0.0556. The van der Waals surface area contributed by atoms with E-state index in [1.807, 2.05) is 24.3 Å². The predicted molar refractivity (Wildman–Crippen MR) is 105 cm³/mol. The summed E-state index contributed by atoms with van der Waals surface area (Å²) in [7, 11) is 0. The van der Waals surface area contributed by atoms with Crippen LogP contribution in [0.15, 0.2) is 58.3 Å². The van der Waals surface area contributed by atoms with Crippen molar-refractivity contribution in [2.45, 2.75) is 6.54 Å². The Balaban J connectivity index is 1.57. The number of nitrogens with one attached hydrogen (secondary N) is 1. The van der Waals surface area contributed by atoms with Crippen LogP contribution in [0.3, 0.4) is 0 Å². The van der Waals surface area contributed by atoms with Gasteiger partial charge in [0, 0.05) is 5.02 Å². The summed E-state index contributed by atoms with van der Waals surface area (Å²) in [5, 5.41) is 12.0. The first kappa shape index (κ1) is 17.7. The third-order valence-corrected chi connectivity index (χ3v) is 4.21. The molecule has 4 rings (SSSR count). The number of imidazole rings is 1. The van der Waals surface area contributed by atoms with Crippen LogP contribution in [0, 0.1) is 0 Å². The summed E-state index contributed by atoms with van der Waals surface area (Å²) in [5.41, 5.74) is 10.8. The molecule has 1 amide bonds. The molecule has 0 fully saturated rings. The number of hydrogen-bond donors (Lipinski definition) is 2. The van der Waals surface area contributed by atoms with Gasteiger partial charge in [-0.3, -0.25) is 4.79 Å². The second-order valence-electron chi connectivity index (χ2n) is 5.85. The highest BCUT2D eigenvalue weighted by molar-refractivity contribution is 6.30. The lowest BCUT2D eigenvalue weighted by atomic mass is 10.2. The van der Waals surface area contributed by atoms with E-state index >= 15 is 0 Å². The minimum Gasteiger partial charge on any atom is -0.379 e. The average Bonchev–Trinajstić information content (AvgIpc) is 3.27. The molecule has 3 N–H and O–H groups in total. The van der Waals surface area contributed by atoms with Crippen LogP contribution >= 0.6 is 11.6 Å². The SMILES string of the molecule is Nc1nonc1-c1nc2ccccc2n1CC(=O)N/N=C/c1ccc(Cl)cc1. The van der Waals surface area contributed by atoms with Crippen molar-refractivity contribution in [3.63, 3.8) is 0 Å². The van der Waals surface area contributed by atoms with Gasteiger partial charge in [-0.2, -0.15) is 5.10 Å². The lowest BCUT2D eigenvalue weighted by Crippen LogP contribution is -2.23. The fourth-order valence-corrected chi connectivity index (χ4v) is 2.80. The van der Waals surface area contributed by atoms with Crippen LogP contribution in [-0.2, 0) is 11.3 Å². The molecule has 0 unspecified atom stereocenters. The second kappa shape index (κ2) is 7.49. The molecular formula is C18H14ClN7O2. The number of nitrogens with two attached hydrogens (primary N) is 1. The number of carbonyl (C=O) groups excluding carboxylic acids is 1. The molecule has 0 atom stereocenters. The Hall–Kier alpha value is -3.72. The Morgan fingerprint density at radius 1 is 1.21 bits per heavy atom. The van der Waals surface area contributed by atoms with Gasteiger partial charge in [-0.05, 0) is 40.1 Å². The standard InChI is InChI=1S/C18H14ClN7O2/c19-12-7-5-11(6-8-12)9-21-23-15(27)10-26-14-4-2-1-3-13(14)22-18(26)16-17(20)25-28-24-16/h1-9H,10H2,(H2,20,25)(H,23,27)/b21-9+. The average molecular weight is 396 g/mol. The van der Waals surface area contributed by atoms with Gasteiger partial charge >= 0.3 is 0 Å². The molecular weight excluding hydrogens is 382 g/mol. The van der Waals surface area contributed by atoms with Gasteiger partial charge in [0.05, 0.1) is 17.2 Å². The molecule has 4 aromatic rings. The van der Waals surface area contributed by atoms with E-state index < -0.39 is 0 Å². The van der Waals surface area contributed by atoms with Crippen molar-refractivity contribution in [1.29, 1.82) is 0 Å². The molecule has 10 heteroatoms. The van der Waals surface area contributed by atoms with E-state index in [4.69, 9.17) is 17.3 Å². The molecule has 2 heterocycles. The zero-order valence-corrected chi connectivity index (χ0v) is 15.2. The van der Waals surface area contributed by atoms with Crippen LogP contribution in [-0.4, -0.2) is 32.0 Å². The van der Waals surface area contributed by atoms with Crippen molar-refractivity contribution in [3.05, 3.63) is 59.1 Å². The number of benzene rings is 2. The van der Waals surface area contributed by atoms with Crippen LogP contribution in [0.4, 0.5) is 5.82 Å². The Morgan fingerprint density at radius 2 is 2.00 bits per heavy atom. The van der Waals surface area contributed by atoms with Crippen molar-refractivity contribution in [2.75, 3.05) is 5.73 Å². The molecule has 140 valence electrons. The highest BCUT2D eigenvalue weighted by atomic mass is 35.5. The minimum atomic E-state index is -0.343. The summed E-state index contributed by atoms with van der Waals surface area (Å²) in [6.07, 6.45) is 1.53. The first-order valence-corrected chi connectivity index (χ1v) is 8.61. The monoisotopic (exact) mass is 395 g/mol. The van der Waals surface area contributed by atoms with Crippen LogP contribution in [0.2, 0.25) is 5.02 Å². The van der Waals surface area contributed by atoms with Gasteiger partial charge in [-0.1, -0.05) is 35.9 Å². The number of fused-ring (bicyclic) bond motifs is 1. The van der Waals surface area contributed by atoms with E-state index in [-0.39, 0.29) is 24.0 Å². The highest BCUT2D eigenvalue weighted by Crippen LogP contribution is 2.26. The van der Waals surface area contributed by atoms with Crippen molar-refractivity contribution in [1.82, 2.24) is 25.3 Å². The molecule has 28 heavy (non-hydrogen) atoms. The molecule has 9 nitrogen and oxygen atoms in total. The minimum absolute atomic E-state index is 0.0416. The van der Waals surface area contributed by atoms with Crippen LogP contribution < -0.4 is 11.2 Å². The van der Waals surface area contributed by atoms with E-state index in [1.165, 1.54) is 6.21 Å². The number of halogens is 1. The lowest BCUT2D eigenvalue weighted by molar-refractivity contribution is -0.121. The molecule has 2 aromatic heterocycles. The van der Waals surface area contributed by atoms with E-state index in [9.17, 15) is 4.79 Å². The number of anilines is 1. The second-order valence-corrected chi connectivity index (χ2v) is 6.29. The highest BCUT2D eigenvalue weighted by Gasteiger charge is 2.20. The van der Waals surface area contributed by atoms with E-state index in [0.29, 0.717) is 16.4 Å². The summed E-state index contributed by atoms with van der Waals surface area (Å²) in [4.78, 5) is 16.9. The Bertz CT molecular complexity index is 1160. The summed E-state index contributed by atoms with van der Waals surface area (Å²) >= 11 is 5.84. The largest absolute Gasteiger partial charge is 0.379 e. The van der Waals surface area contributed by atoms with Gasteiger partial charge in [-0.15, -0.1) is 0 Å². The molecule has 0 bridgehead atoms. The number of aromatic nitrogens is 4. The molecule has 0 aliphatic heterocycles. The van der Waals surface area contributed by atoms with Gasteiger partial charge in [0.2, 0.25) is 0 Å². The molecule has 0 saturated heterocycles. The predicted octanol–water partition coefficient (Wildman–Crippen LogP) is 2.47. The van der Waals surface area contributed by atoms with Crippen molar-refractivity contribution < 1.29 is 9.42 Å². The number of nitrogens with zero attached hydrogens (tertiary/aromatic N) is 5. The lowest BCUT2D eigenvalue weighted by Gasteiger charge is -2.06. The normalized spacial score (nSPS) is 11.3. The topological polar surface area (TPSA) is 124 Å². The molecule has 0 spiro atoms. The zero-order valence-electron chi connectivity index (χ0n) is 14.4. The van der Waals surface area contributed by atoms with Crippen molar-refractivity contribution in [3.8, 4) is 11.5 Å². The summed E-state index contributed by atoms with van der Waals surface area (Å²) in [6.45, 7) is -0.0416. The summed E-state index contributed by atoms with van der Waals surface area (Å²) in [5.74, 6) is 0.138. The van der Waals surface area contributed by atoms with Gasteiger partial charge in [-0.25, -0.2) is 15.0 Å². The van der Waals surface area contributed by atoms with Crippen molar-refractivity contribution in [2.24, 2.45) is 5.10 Å². The van der Waals surface area contributed by atoms with Gasteiger partial charge in [0.25, 0.3) is 5.91 Å². The molecule has 0 aliphatic rings. The third kappa shape index (κ3) is 3.55. The maximum absolute atomic E-state index is 12.4. The number of amides is 1. The number of nitrogen functional groups attached to an aromatic ring is 1. The first-order chi connectivity index (χ1) is 13.6. The Labute approximate surface area is 163 Å². The number of hydrogen-bond acceptors (Lipinski definition) is 7. The molecule has 2 aromatic carbocycles. The van der Waals surface area contributed by atoms with Crippen LogP contribution in [0.1, 0.15) is 5.56 Å². The fourth-order valence-electron chi connectivity index (χ4n) is 2.67. The smallest absolute Gasteiger partial charge is 0.260 e.